The molecule has 9 nitrogen and oxygen atoms in total. The maximum absolute atomic E-state index is 11.9. The fraction of sp³-hybridized carbons (Fsp3) is 0.333. The van der Waals surface area contributed by atoms with E-state index in [-0.39, 0.29) is 29.3 Å². The summed E-state index contributed by atoms with van der Waals surface area (Å²) in [6, 6.07) is 4.33. The van der Waals surface area contributed by atoms with Crippen LogP contribution < -0.4 is 4.83 Å². The van der Waals surface area contributed by atoms with Crippen LogP contribution in [-0.2, 0) is 19.6 Å². The zero-order valence-electron chi connectivity index (χ0n) is 12.0. The molecule has 0 aliphatic rings. The van der Waals surface area contributed by atoms with Gasteiger partial charge in [0.15, 0.2) is 0 Å². The van der Waals surface area contributed by atoms with E-state index in [4.69, 9.17) is 4.74 Å². The first-order valence-corrected chi connectivity index (χ1v) is 7.69. The number of non-ortho nitro benzene ring substituents is 1. The Balaban J connectivity index is 2.78. The fourth-order valence-corrected chi connectivity index (χ4v) is 2.27. The van der Waals surface area contributed by atoms with Crippen LogP contribution in [0.5, 0.6) is 0 Å². The molecule has 0 fully saturated rings. The van der Waals surface area contributed by atoms with E-state index in [2.05, 4.69) is 5.10 Å². The molecule has 1 rings (SSSR count). The highest BCUT2D eigenvalue weighted by atomic mass is 32.2. The lowest BCUT2D eigenvalue weighted by Crippen LogP contribution is -2.20. The van der Waals surface area contributed by atoms with Gasteiger partial charge in [-0.2, -0.15) is 13.5 Å². The minimum atomic E-state index is -3.96. The van der Waals surface area contributed by atoms with E-state index in [1.165, 1.54) is 6.92 Å². The van der Waals surface area contributed by atoms with Gasteiger partial charge in [-0.05, 0) is 26.0 Å². The molecule has 0 atom stereocenters. The number of nitro groups is 1. The SMILES string of the molecule is CCOC(=O)C/C(C)=N/NS(=O)(=O)c1ccc([N+](=O)[O-])cc1. The highest BCUT2D eigenvalue weighted by Crippen LogP contribution is 2.15. The summed E-state index contributed by atoms with van der Waals surface area (Å²) >= 11 is 0. The highest BCUT2D eigenvalue weighted by molar-refractivity contribution is 7.89. The Kier molecular flexibility index (Phi) is 5.99. The number of rotatable bonds is 7. The van der Waals surface area contributed by atoms with Crippen LogP contribution in [0, 0.1) is 10.1 Å². The van der Waals surface area contributed by atoms with Crippen molar-refractivity contribution < 1.29 is 22.9 Å². The van der Waals surface area contributed by atoms with Gasteiger partial charge in [0.25, 0.3) is 15.7 Å². The van der Waals surface area contributed by atoms with Crippen molar-refractivity contribution in [2.24, 2.45) is 5.10 Å². The molecule has 1 aromatic rings. The largest absolute Gasteiger partial charge is 0.466 e. The number of hydrogen-bond donors (Lipinski definition) is 1. The summed E-state index contributed by atoms with van der Waals surface area (Å²) in [5.74, 6) is -0.515. The summed E-state index contributed by atoms with van der Waals surface area (Å²) < 4.78 is 28.6. The lowest BCUT2D eigenvalue weighted by atomic mass is 10.3. The Labute approximate surface area is 127 Å². The minimum absolute atomic E-state index is 0.142. The number of benzene rings is 1. The Bertz CT molecular complexity index is 681. The number of nitro benzene ring substituents is 1. The number of sulfonamides is 1. The van der Waals surface area contributed by atoms with Crippen molar-refractivity contribution in [2.75, 3.05) is 6.61 Å². The van der Waals surface area contributed by atoms with E-state index >= 15 is 0 Å². The van der Waals surface area contributed by atoms with Crippen molar-refractivity contribution in [3.63, 3.8) is 0 Å². The second kappa shape index (κ2) is 7.50. The van der Waals surface area contributed by atoms with Crippen LogP contribution in [-0.4, -0.2) is 31.6 Å². The molecule has 0 bridgehead atoms. The fourth-order valence-electron chi connectivity index (χ4n) is 1.40. The first-order chi connectivity index (χ1) is 10.3. The molecule has 0 aromatic heterocycles. The predicted molar refractivity (Wildman–Crippen MR) is 77.8 cm³/mol. The first kappa shape index (κ1) is 17.6. The molecule has 0 unspecified atom stereocenters. The number of ether oxygens (including phenoxy) is 1. The third-order valence-corrected chi connectivity index (χ3v) is 3.64. The summed E-state index contributed by atoms with van der Waals surface area (Å²) in [4.78, 5) is 22.9. The topological polar surface area (TPSA) is 128 Å². The van der Waals surface area contributed by atoms with Crippen molar-refractivity contribution >= 4 is 27.4 Å². The van der Waals surface area contributed by atoms with Gasteiger partial charge in [0.2, 0.25) is 0 Å². The first-order valence-electron chi connectivity index (χ1n) is 6.21. The number of hydrogen-bond acceptors (Lipinski definition) is 7. The van der Waals surface area contributed by atoms with E-state index in [1.807, 2.05) is 4.83 Å². The van der Waals surface area contributed by atoms with Crippen LogP contribution in [0.25, 0.3) is 0 Å². The summed E-state index contributed by atoms with van der Waals surface area (Å²) in [6.07, 6.45) is -0.142. The van der Waals surface area contributed by atoms with Gasteiger partial charge in [0.1, 0.15) is 0 Å². The van der Waals surface area contributed by atoms with Gasteiger partial charge in [0.05, 0.1) is 22.8 Å². The van der Waals surface area contributed by atoms with Crippen LogP contribution in [0.4, 0.5) is 5.69 Å². The molecule has 0 amide bonds. The maximum atomic E-state index is 11.9. The zero-order valence-corrected chi connectivity index (χ0v) is 12.8. The van der Waals surface area contributed by atoms with Crippen LogP contribution in [0.2, 0.25) is 0 Å². The van der Waals surface area contributed by atoms with Crippen molar-refractivity contribution in [1.29, 1.82) is 0 Å². The zero-order chi connectivity index (χ0) is 16.8. The Morgan fingerprint density at radius 1 is 1.36 bits per heavy atom. The number of carbonyl (C=O) groups excluding carboxylic acids is 1. The van der Waals surface area contributed by atoms with E-state index in [1.54, 1.807) is 6.92 Å². The average molecular weight is 329 g/mol. The smallest absolute Gasteiger partial charge is 0.311 e. The van der Waals surface area contributed by atoms with Gasteiger partial charge in [-0.3, -0.25) is 14.9 Å². The molecule has 0 saturated carbocycles. The van der Waals surface area contributed by atoms with Crippen LogP contribution in [0.3, 0.4) is 0 Å². The minimum Gasteiger partial charge on any atom is -0.466 e. The van der Waals surface area contributed by atoms with Crippen molar-refractivity contribution in [3.8, 4) is 0 Å². The molecule has 120 valence electrons. The highest BCUT2D eigenvalue weighted by Gasteiger charge is 2.15. The lowest BCUT2D eigenvalue weighted by molar-refractivity contribution is -0.384. The van der Waals surface area contributed by atoms with Gasteiger partial charge in [-0.15, -0.1) is 0 Å². The molecule has 0 aliphatic carbocycles. The number of hydrazone groups is 1. The maximum Gasteiger partial charge on any atom is 0.311 e. The Morgan fingerprint density at radius 2 is 1.95 bits per heavy atom. The summed E-state index contributed by atoms with van der Waals surface area (Å²) in [5, 5.41) is 14.1. The van der Waals surface area contributed by atoms with Gasteiger partial charge in [-0.25, -0.2) is 4.83 Å². The second-order valence-electron chi connectivity index (χ2n) is 4.17. The van der Waals surface area contributed by atoms with E-state index in [0.29, 0.717) is 0 Å². The quantitative estimate of drug-likeness (QED) is 0.346. The summed E-state index contributed by atoms with van der Waals surface area (Å²) in [6.45, 7) is 3.34. The third-order valence-electron chi connectivity index (χ3n) is 2.42. The average Bonchev–Trinajstić information content (AvgIpc) is 2.45. The molecule has 0 aliphatic heterocycles. The number of nitrogens with zero attached hydrogens (tertiary/aromatic N) is 2. The number of carbonyl (C=O) groups is 1. The predicted octanol–water partition coefficient (Wildman–Crippen LogP) is 1.20. The second-order valence-corrected chi connectivity index (χ2v) is 5.84. The van der Waals surface area contributed by atoms with Crippen molar-refractivity contribution in [2.45, 2.75) is 25.2 Å². The van der Waals surface area contributed by atoms with Gasteiger partial charge < -0.3 is 4.74 Å². The van der Waals surface area contributed by atoms with Gasteiger partial charge >= 0.3 is 5.97 Å². The molecule has 0 saturated heterocycles. The normalized spacial score (nSPS) is 11.8. The molecular formula is C12H15N3O6S. The molecule has 0 heterocycles. The lowest BCUT2D eigenvalue weighted by Gasteiger charge is -2.05. The van der Waals surface area contributed by atoms with E-state index in [9.17, 15) is 23.3 Å². The number of nitrogens with one attached hydrogen (secondary N) is 1. The summed E-state index contributed by atoms with van der Waals surface area (Å²) in [5.41, 5.74) is 0.00452. The van der Waals surface area contributed by atoms with Gasteiger partial charge in [-0.1, -0.05) is 0 Å². The van der Waals surface area contributed by atoms with Crippen molar-refractivity contribution in [3.05, 3.63) is 34.4 Å². The molecule has 1 N–H and O–H groups in total. The standard InChI is InChI=1S/C12H15N3O6S/c1-3-21-12(16)8-9(2)13-14-22(19,20)11-6-4-10(5-7-11)15(17)18/h4-7,14H,3,8H2,1-2H3/b13-9+. The van der Waals surface area contributed by atoms with E-state index < -0.39 is 20.9 Å². The molecule has 1 aromatic carbocycles. The molecule has 0 radical (unpaired) electrons. The van der Waals surface area contributed by atoms with Crippen molar-refractivity contribution in [1.82, 2.24) is 4.83 Å². The molecular weight excluding hydrogens is 314 g/mol. The Morgan fingerprint density at radius 3 is 2.45 bits per heavy atom. The molecule has 10 heteroatoms. The molecule has 0 spiro atoms. The third kappa shape index (κ3) is 5.13. The van der Waals surface area contributed by atoms with Crippen LogP contribution >= 0.6 is 0 Å². The van der Waals surface area contributed by atoms with Gasteiger partial charge in [0, 0.05) is 17.8 Å². The number of esters is 1. The van der Waals surface area contributed by atoms with Crippen LogP contribution in [0.15, 0.2) is 34.3 Å². The monoisotopic (exact) mass is 329 g/mol. The van der Waals surface area contributed by atoms with Crippen LogP contribution in [0.1, 0.15) is 20.3 Å². The summed E-state index contributed by atoms with van der Waals surface area (Å²) in [7, 11) is -3.96. The van der Waals surface area contributed by atoms with E-state index in [0.717, 1.165) is 24.3 Å². The molecule has 22 heavy (non-hydrogen) atoms. The Hall–Kier alpha value is -2.49.